The van der Waals surface area contributed by atoms with E-state index in [9.17, 15) is 4.79 Å². The highest BCUT2D eigenvalue weighted by molar-refractivity contribution is 5.82. The second-order valence-electron chi connectivity index (χ2n) is 5.34. The molecule has 1 aromatic carbocycles. The number of carbonyl (C=O) groups excluding carboxylic acids is 1. The molecular weight excluding hydrogens is 264 g/mol. The van der Waals surface area contributed by atoms with Crippen molar-refractivity contribution >= 4 is 5.91 Å². The lowest BCUT2D eigenvalue weighted by atomic mass is 9.81. The van der Waals surface area contributed by atoms with E-state index in [-0.39, 0.29) is 5.91 Å². The summed E-state index contributed by atoms with van der Waals surface area (Å²) in [7, 11) is 0. The molecule has 118 valence electrons. The summed E-state index contributed by atoms with van der Waals surface area (Å²) in [6.45, 7) is 6.32. The van der Waals surface area contributed by atoms with Crippen LogP contribution in [0.25, 0.3) is 0 Å². The fourth-order valence-corrected chi connectivity index (χ4v) is 2.28. The zero-order valence-corrected chi connectivity index (χ0v) is 13.2. The number of nitrogens with one attached hydrogen (secondary N) is 1. The normalized spacial score (nSPS) is 11.4. The molecule has 0 saturated carbocycles. The molecule has 0 radical (unpaired) electrons. The fraction of sp³-hybridized carbons (Fsp3) is 0.588. The molecule has 0 bridgehead atoms. The van der Waals surface area contributed by atoms with Crippen molar-refractivity contribution in [3.63, 3.8) is 0 Å². The third-order valence-electron chi connectivity index (χ3n) is 4.09. The van der Waals surface area contributed by atoms with Gasteiger partial charge in [0.2, 0.25) is 5.91 Å². The summed E-state index contributed by atoms with van der Waals surface area (Å²) >= 11 is 0. The molecule has 0 atom stereocenters. The zero-order valence-electron chi connectivity index (χ0n) is 13.2. The van der Waals surface area contributed by atoms with Crippen molar-refractivity contribution in [3.05, 3.63) is 35.9 Å². The maximum Gasteiger partial charge on any atom is 0.227 e. The number of nitrogens with two attached hydrogens (primary N) is 1. The van der Waals surface area contributed by atoms with Gasteiger partial charge in [0, 0.05) is 19.7 Å². The molecule has 0 aromatic heterocycles. The Morgan fingerprint density at radius 2 is 1.90 bits per heavy atom. The molecular formula is C17H28N2O2. The lowest BCUT2D eigenvalue weighted by molar-refractivity contribution is -0.131. The van der Waals surface area contributed by atoms with Crippen molar-refractivity contribution in [1.82, 2.24) is 5.32 Å². The molecule has 21 heavy (non-hydrogen) atoms. The predicted octanol–water partition coefficient (Wildman–Crippen LogP) is 2.47. The molecule has 4 heteroatoms. The molecule has 0 unspecified atom stereocenters. The van der Waals surface area contributed by atoms with E-state index in [0.717, 1.165) is 19.3 Å². The number of rotatable bonds is 10. The summed E-state index contributed by atoms with van der Waals surface area (Å²) in [5.74, 6) is 0.0676. The first-order valence-corrected chi connectivity index (χ1v) is 7.78. The van der Waals surface area contributed by atoms with Crippen LogP contribution in [0, 0.1) is 5.41 Å². The lowest BCUT2D eigenvalue weighted by Gasteiger charge is -2.28. The van der Waals surface area contributed by atoms with Crippen molar-refractivity contribution in [2.45, 2.75) is 39.7 Å². The minimum Gasteiger partial charge on any atom is -0.377 e. The molecule has 0 fully saturated rings. The summed E-state index contributed by atoms with van der Waals surface area (Å²) in [5.41, 5.74) is 6.52. The number of benzene rings is 1. The molecule has 0 aliphatic rings. The van der Waals surface area contributed by atoms with E-state index in [2.05, 4.69) is 5.32 Å². The highest BCUT2D eigenvalue weighted by Crippen LogP contribution is 2.24. The predicted molar refractivity (Wildman–Crippen MR) is 85.8 cm³/mol. The molecule has 1 amide bonds. The van der Waals surface area contributed by atoms with Crippen LogP contribution in [-0.2, 0) is 16.1 Å². The monoisotopic (exact) mass is 292 g/mol. The van der Waals surface area contributed by atoms with Crippen molar-refractivity contribution in [2.24, 2.45) is 11.1 Å². The number of carbonyl (C=O) groups is 1. The second-order valence-corrected chi connectivity index (χ2v) is 5.34. The van der Waals surface area contributed by atoms with Crippen molar-refractivity contribution in [2.75, 3.05) is 19.7 Å². The Morgan fingerprint density at radius 3 is 2.48 bits per heavy atom. The smallest absolute Gasteiger partial charge is 0.227 e. The van der Waals surface area contributed by atoms with Crippen LogP contribution in [-0.4, -0.2) is 25.6 Å². The Morgan fingerprint density at radius 1 is 1.24 bits per heavy atom. The maximum absolute atomic E-state index is 12.2. The van der Waals surface area contributed by atoms with Gasteiger partial charge >= 0.3 is 0 Å². The summed E-state index contributed by atoms with van der Waals surface area (Å²) < 4.78 is 5.59. The highest BCUT2D eigenvalue weighted by Gasteiger charge is 2.32. The molecule has 0 spiro atoms. The van der Waals surface area contributed by atoms with E-state index in [1.54, 1.807) is 0 Å². The summed E-state index contributed by atoms with van der Waals surface area (Å²) in [4.78, 5) is 12.2. The minimum atomic E-state index is -0.412. The van der Waals surface area contributed by atoms with Crippen LogP contribution in [0.15, 0.2) is 30.3 Å². The van der Waals surface area contributed by atoms with E-state index in [0.29, 0.717) is 26.3 Å². The molecule has 1 aromatic rings. The Kier molecular flexibility index (Phi) is 8.01. The topological polar surface area (TPSA) is 64.4 Å². The van der Waals surface area contributed by atoms with Gasteiger partial charge in [0.15, 0.2) is 0 Å². The number of hydrogen-bond acceptors (Lipinski definition) is 3. The first kappa shape index (κ1) is 17.7. The Hall–Kier alpha value is -1.39. The third-order valence-corrected chi connectivity index (χ3v) is 4.09. The molecule has 3 N–H and O–H groups in total. The third kappa shape index (κ3) is 5.48. The summed E-state index contributed by atoms with van der Waals surface area (Å²) in [6.07, 6.45) is 2.36. The largest absolute Gasteiger partial charge is 0.377 e. The number of hydrogen-bond donors (Lipinski definition) is 2. The number of ether oxygens (including phenoxy) is 1. The fourth-order valence-electron chi connectivity index (χ4n) is 2.28. The van der Waals surface area contributed by atoms with Crippen LogP contribution in [0.2, 0.25) is 0 Å². The quantitative estimate of drug-likeness (QED) is 0.651. The van der Waals surface area contributed by atoms with E-state index in [1.807, 2.05) is 44.2 Å². The molecule has 0 saturated heterocycles. The van der Waals surface area contributed by atoms with Crippen LogP contribution in [0.4, 0.5) is 0 Å². The van der Waals surface area contributed by atoms with Gasteiger partial charge in [0.05, 0.1) is 12.0 Å². The molecule has 0 aliphatic carbocycles. The van der Waals surface area contributed by atoms with Gasteiger partial charge in [-0.2, -0.15) is 0 Å². The molecule has 0 aliphatic heterocycles. The van der Waals surface area contributed by atoms with Crippen molar-refractivity contribution in [1.29, 1.82) is 0 Å². The second kappa shape index (κ2) is 9.53. The van der Waals surface area contributed by atoms with Crippen molar-refractivity contribution in [3.8, 4) is 0 Å². The van der Waals surface area contributed by atoms with Crippen LogP contribution >= 0.6 is 0 Å². The van der Waals surface area contributed by atoms with Crippen molar-refractivity contribution < 1.29 is 9.53 Å². The Labute approximate surface area is 128 Å². The Bertz CT molecular complexity index is 394. The van der Waals surface area contributed by atoms with Gasteiger partial charge in [-0.15, -0.1) is 0 Å². The van der Waals surface area contributed by atoms with Gasteiger partial charge in [-0.3, -0.25) is 4.79 Å². The summed E-state index contributed by atoms with van der Waals surface area (Å²) in [6, 6.07) is 10.1. The van der Waals surface area contributed by atoms with Gasteiger partial charge in [0.25, 0.3) is 0 Å². The first-order chi connectivity index (χ1) is 10.2. The highest BCUT2D eigenvalue weighted by atomic mass is 16.5. The average molecular weight is 292 g/mol. The molecule has 0 heterocycles. The average Bonchev–Trinajstić information content (AvgIpc) is 2.54. The van der Waals surface area contributed by atoms with Gasteiger partial charge in [-0.05, 0) is 24.8 Å². The van der Waals surface area contributed by atoms with E-state index < -0.39 is 5.41 Å². The molecule has 4 nitrogen and oxygen atoms in total. The SMILES string of the molecule is CCC(CC)(CN)C(=O)NCCCOCc1ccccc1. The van der Waals surface area contributed by atoms with Crippen LogP contribution in [0.3, 0.4) is 0 Å². The summed E-state index contributed by atoms with van der Waals surface area (Å²) in [5, 5.41) is 2.98. The van der Waals surface area contributed by atoms with Gasteiger partial charge in [-0.25, -0.2) is 0 Å². The van der Waals surface area contributed by atoms with Gasteiger partial charge < -0.3 is 15.8 Å². The van der Waals surface area contributed by atoms with Crippen LogP contribution in [0.5, 0.6) is 0 Å². The van der Waals surface area contributed by atoms with E-state index in [4.69, 9.17) is 10.5 Å². The van der Waals surface area contributed by atoms with Crippen LogP contribution in [0.1, 0.15) is 38.7 Å². The maximum atomic E-state index is 12.2. The van der Waals surface area contributed by atoms with Crippen LogP contribution < -0.4 is 11.1 Å². The first-order valence-electron chi connectivity index (χ1n) is 7.78. The van der Waals surface area contributed by atoms with Gasteiger partial charge in [-0.1, -0.05) is 44.2 Å². The zero-order chi connectivity index (χ0) is 15.6. The van der Waals surface area contributed by atoms with E-state index in [1.165, 1.54) is 5.56 Å². The number of amides is 1. The van der Waals surface area contributed by atoms with Gasteiger partial charge in [0.1, 0.15) is 0 Å². The Balaban J connectivity index is 2.17. The lowest BCUT2D eigenvalue weighted by Crippen LogP contribution is -2.45. The molecule has 1 rings (SSSR count). The minimum absolute atomic E-state index is 0.0676. The standard InChI is InChI=1S/C17H28N2O2/c1-3-17(4-2,14-18)16(20)19-11-8-12-21-13-15-9-6-5-7-10-15/h5-7,9-10H,3-4,8,11-14,18H2,1-2H3,(H,19,20). The van der Waals surface area contributed by atoms with E-state index >= 15 is 0 Å².